The third-order valence-corrected chi connectivity index (χ3v) is 6.91. The lowest BCUT2D eigenvalue weighted by molar-refractivity contribution is -0.143. The molecule has 0 saturated carbocycles. The average molecular weight is 399 g/mol. The summed E-state index contributed by atoms with van der Waals surface area (Å²) in [6.07, 6.45) is 1.27. The van der Waals surface area contributed by atoms with E-state index in [1.807, 2.05) is 0 Å². The minimum atomic E-state index is -3.81. The summed E-state index contributed by atoms with van der Waals surface area (Å²) in [6.45, 7) is 1.27. The molecule has 2 aliphatic heterocycles. The van der Waals surface area contributed by atoms with Crippen molar-refractivity contribution >= 4 is 21.9 Å². The molecule has 27 heavy (non-hydrogen) atoms. The zero-order valence-corrected chi connectivity index (χ0v) is 15.6. The van der Waals surface area contributed by atoms with Gasteiger partial charge in [0.2, 0.25) is 15.9 Å². The zero-order valence-electron chi connectivity index (χ0n) is 14.8. The highest BCUT2D eigenvalue weighted by Gasteiger charge is 2.34. The molecule has 0 spiro atoms. The Kier molecular flexibility index (Phi) is 5.78. The van der Waals surface area contributed by atoms with Crippen molar-refractivity contribution in [1.82, 2.24) is 14.1 Å². The largest absolute Gasteiger partial charge is 0.480 e. The summed E-state index contributed by atoms with van der Waals surface area (Å²) in [7, 11) is -3.81. The van der Waals surface area contributed by atoms with Gasteiger partial charge in [-0.1, -0.05) is 6.07 Å². The number of likely N-dealkylation sites (tertiary alicyclic amines) is 1. The lowest BCUT2D eigenvalue weighted by atomic mass is 10.2. The molecule has 0 radical (unpaired) electrons. The maximum absolute atomic E-state index is 13.3. The normalized spacial score (nSPS) is 22.1. The molecule has 2 heterocycles. The Morgan fingerprint density at radius 3 is 2.48 bits per heavy atom. The van der Waals surface area contributed by atoms with Crippen LogP contribution < -0.4 is 0 Å². The Morgan fingerprint density at radius 2 is 1.85 bits per heavy atom. The molecule has 1 aromatic carbocycles. The van der Waals surface area contributed by atoms with Gasteiger partial charge < -0.3 is 10.0 Å². The van der Waals surface area contributed by atoms with Gasteiger partial charge in [-0.15, -0.1) is 0 Å². The first-order chi connectivity index (χ1) is 12.8. The van der Waals surface area contributed by atoms with Gasteiger partial charge in [0.05, 0.1) is 11.4 Å². The zero-order chi connectivity index (χ0) is 19.6. The predicted molar refractivity (Wildman–Crippen MR) is 94.0 cm³/mol. The highest BCUT2D eigenvalue weighted by atomic mass is 32.2. The molecule has 148 valence electrons. The van der Waals surface area contributed by atoms with Gasteiger partial charge in [-0.25, -0.2) is 12.8 Å². The minimum Gasteiger partial charge on any atom is -0.480 e. The smallest absolute Gasteiger partial charge is 0.320 e. The van der Waals surface area contributed by atoms with E-state index in [1.165, 1.54) is 22.5 Å². The Morgan fingerprint density at radius 1 is 1.15 bits per heavy atom. The van der Waals surface area contributed by atoms with Gasteiger partial charge in [0, 0.05) is 26.2 Å². The summed E-state index contributed by atoms with van der Waals surface area (Å²) >= 11 is 0. The SMILES string of the molecule is O=C(O)[C@H]1CCCN1CC(=O)N1CCN(S(=O)(=O)c2cccc(F)c2)CC1. The van der Waals surface area contributed by atoms with Crippen molar-refractivity contribution in [2.75, 3.05) is 39.3 Å². The van der Waals surface area contributed by atoms with Crippen molar-refractivity contribution in [2.24, 2.45) is 0 Å². The van der Waals surface area contributed by atoms with Crippen LogP contribution in [0.5, 0.6) is 0 Å². The Hall–Kier alpha value is -2.04. The monoisotopic (exact) mass is 399 g/mol. The van der Waals surface area contributed by atoms with Gasteiger partial charge in [0.15, 0.2) is 0 Å². The van der Waals surface area contributed by atoms with E-state index in [1.54, 1.807) is 9.80 Å². The van der Waals surface area contributed by atoms with Crippen LogP contribution in [0.3, 0.4) is 0 Å². The first kappa shape index (κ1) is 19.7. The number of carbonyl (C=O) groups excluding carboxylic acids is 1. The van der Waals surface area contributed by atoms with Gasteiger partial charge >= 0.3 is 5.97 Å². The maximum Gasteiger partial charge on any atom is 0.320 e. The molecule has 0 aromatic heterocycles. The van der Waals surface area contributed by atoms with Crippen molar-refractivity contribution in [3.05, 3.63) is 30.1 Å². The fraction of sp³-hybridized carbons (Fsp3) is 0.529. The number of piperazine rings is 1. The third kappa shape index (κ3) is 4.28. The molecule has 2 fully saturated rings. The number of hydrogen-bond donors (Lipinski definition) is 1. The molecular weight excluding hydrogens is 377 g/mol. The highest BCUT2D eigenvalue weighted by Crippen LogP contribution is 2.20. The van der Waals surface area contributed by atoms with E-state index in [2.05, 4.69) is 0 Å². The van der Waals surface area contributed by atoms with E-state index in [0.717, 1.165) is 12.5 Å². The first-order valence-corrected chi connectivity index (χ1v) is 10.2. The number of amides is 1. The van der Waals surface area contributed by atoms with Gasteiger partial charge in [-0.2, -0.15) is 4.31 Å². The molecule has 1 atom stereocenters. The Balaban J connectivity index is 1.58. The molecule has 1 N–H and O–H groups in total. The number of nitrogens with zero attached hydrogens (tertiary/aromatic N) is 3. The second-order valence-electron chi connectivity index (χ2n) is 6.71. The molecule has 2 aliphatic rings. The average Bonchev–Trinajstić information content (AvgIpc) is 3.10. The molecule has 1 aromatic rings. The number of carboxylic acids is 1. The summed E-state index contributed by atoms with van der Waals surface area (Å²) < 4.78 is 39.8. The van der Waals surface area contributed by atoms with Crippen molar-refractivity contribution < 1.29 is 27.5 Å². The summed E-state index contributed by atoms with van der Waals surface area (Å²) in [5.74, 6) is -1.75. The van der Waals surface area contributed by atoms with Gasteiger partial charge in [-0.05, 0) is 37.6 Å². The fourth-order valence-corrected chi connectivity index (χ4v) is 4.98. The number of sulfonamides is 1. The van der Waals surface area contributed by atoms with Crippen LogP contribution in [0.2, 0.25) is 0 Å². The van der Waals surface area contributed by atoms with Crippen LogP contribution in [-0.4, -0.2) is 84.8 Å². The summed E-state index contributed by atoms with van der Waals surface area (Å²) in [5.41, 5.74) is 0. The minimum absolute atomic E-state index is 0.0214. The lowest BCUT2D eigenvalue weighted by Crippen LogP contribution is -2.53. The Bertz CT molecular complexity index is 824. The third-order valence-electron chi connectivity index (χ3n) is 5.01. The van der Waals surface area contributed by atoms with Gasteiger partial charge in [-0.3, -0.25) is 14.5 Å². The van der Waals surface area contributed by atoms with E-state index >= 15 is 0 Å². The quantitative estimate of drug-likeness (QED) is 0.760. The summed E-state index contributed by atoms with van der Waals surface area (Å²) in [6, 6.07) is 4.21. The van der Waals surface area contributed by atoms with Crippen LogP contribution in [-0.2, 0) is 19.6 Å². The van der Waals surface area contributed by atoms with E-state index in [0.29, 0.717) is 13.0 Å². The van der Waals surface area contributed by atoms with E-state index < -0.39 is 27.9 Å². The second kappa shape index (κ2) is 7.91. The molecule has 0 aliphatic carbocycles. The number of benzene rings is 1. The van der Waals surface area contributed by atoms with Crippen LogP contribution in [0.4, 0.5) is 4.39 Å². The Labute approximate surface area is 157 Å². The number of carboxylic acid groups (broad SMARTS) is 1. The number of aliphatic carboxylic acids is 1. The highest BCUT2D eigenvalue weighted by molar-refractivity contribution is 7.89. The molecule has 2 saturated heterocycles. The molecule has 10 heteroatoms. The summed E-state index contributed by atoms with van der Waals surface area (Å²) in [5, 5.41) is 9.19. The van der Waals surface area contributed by atoms with Crippen LogP contribution in [0.25, 0.3) is 0 Å². The molecule has 0 unspecified atom stereocenters. The van der Waals surface area contributed by atoms with E-state index in [9.17, 15) is 27.5 Å². The van der Waals surface area contributed by atoms with Gasteiger partial charge in [0.1, 0.15) is 11.9 Å². The topological polar surface area (TPSA) is 98.2 Å². The number of rotatable bonds is 5. The van der Waals surface area contributed by atoms with Gasteiger partial charge in [0.25, 0.3) is 0 Å². The number of halogens is 1. The molecule has 8 nitrogen and oxygen atoms in total. The molecule has 0 bridgehead atoms. The van der Waals surface area contributed by atoms with Crippen molar-refractivity contribution in [2.45, 2.75) is 23.8 Å². The van der Waals surface area contributed by atoms with Crippen molar-refractivity contribution in [1.29, 1.82) is 0 Å². The predicted octanol–water partition coefficient (Wildman–Crippen LogP) is 0.208. The van der Waals surface area contributed by atoms with E-state index in [-0.39, 0.29) is 43.5 Å². The van der Waals surface area contributed by atoms with Crippen LogP contribution >= 0.6 is 0 Å². The van der Waals surface area contributed by atoms with Crippen molar-refractivity contribution in [3.63, 3.8) is 0 Å². The van der Waals surface area contributed by atoms with Crippen LogP contribution in [0.15, 0.2) is 29.2 Å². The fourth-order valence-electron chi connectivity index (χ4n) is 3.52. The van der Waals surface area contributed by atoms with E-state index in [4.69, 9.17) is 0 Å². The first-order valence-electron chi connectivity index (χ1n) is 8.79. The van der Waals surface area contributed by atoms with Crippen LogP contribution in [0, 0.1) is 5.82 Å². The lowest BCUT2D eigenvalue weighted by Gasteiger charge is -2.35. The standard InChI is InChI=1S/C17H22FN3O5S/c18-13-3-1-4-14(11-13)27(25,26)21-9-7-19(8-10-21)16(22)12-20-6-2-5-15(20)17(23)24/h1,3-4,11,15H,2,5-10,12H2,(H,23,24)/t15-/m1/s1. The second-order valence-corrected chi connectivity index (χ2v) is 8.65. The van der Waals surface area contributed by atoms with Crippen LogP contribution in [0.1, 0.15) is 12.8 Å². The van der Waals surface area contributed by atoms with Crippen molar-refractivity contribution in [3.8, 4) is 0 Å². The number of hydrogen-bond acceptors (Lipinski definition) is 5. The summed E-state index contributed by atoms with van der Waals surface area (Å²) in [4.78, 5) is 26.8. The number of carbonyl (C=O) groups is 2. The maximum atomic E-state index is 13.3. The molecule has 1 amide bonds. The molecular formula is C17H22FN3O5S. The molecule has 3 rings (SSSR count).